The summed E-state index contributed by atoms with van der Waals surface area (Å²) in [7, 11) is 0. The Hall–Kier alpha value is -3.56. The summed E-state index contributed by atoms with van der Waals surface area (Å²) < 4.78 is 1.68. The average molecular weight is 369 g/mol. The minimum absolute atomic E-state index is 0.121. The fraction of sp³-hybridized carbons (Fsp3) is 0.294. The maximum atomic E-state index is 12.2. The molecule has 10 nitrogen and oxygen atoms in total. The Kier molecular flexibility index (Phi) is 5.55. The van der Waals surface area contributed by atoms with Crippen molar-refractivity contribution >= 4 is 28.4 Å². The third-order valence-electron chi connectivity index (χ3n) is 3.90. The second-order valence-electron chi connectivity index (χ2n) is 5.82. The summed E-state index contributed by atoms with van der Waals surface area (Å²) in [4.78, 5) is 30.9. The van der Waals surface area contributed by atoms with Crippen LogP contribution in [-0.2, 0) is 6.54 Å². The number of carbonyl (C=O) groups excluding carboxylic acids is 1. The molecule has 0 saturated heterocycles. The average Bonchev–Trinajstić information content (AvgIpc) is 3.10. The number of rotatable bonds is 8. The summed E-state index contributed by atoms with van der Waals surface area (Å²) in [5.41, 5.74) is 0.792. The molecule has 27 heavy (non-hydrogen) atoms. The second-order valence-corrected chi connectivity index (χ2v) is 5.82. The van der Waals surface area contributed by atoms with E-state index in [9.17, 15) is 14.9 Å². The van der Waals surface area contributed by atoms with E-state index in [1.165, 1.54) is 30.6 Å². The van der Waals surface area contributed by atoms with Gasteiger partial charge in [0.1, 0.15) is 12.1 Å². The van der Waals surface area contributed by atoms with Gasteiger partial charge in [0.2, 0.25) is 0 Å². The van der Waals surface area contributed by atoms with Gasteiger partial charge in [0.15, 0.2) is 5.65 Å². The van der Waals surface area contributed by atoms with E-state index in [0.717, 1.165) is 24.2 Å². The van der Waals surface area contributed by atoms with Gasteiger partial charge in [-0.15, -0.1) is 0 Å². The van der Waals surface area contributed by atoms with E-state index in [4.69, 9.17) is 0 Å². The van der Waals surface area contributed by atoms with Crippen molar-refractivity contribution in [3.63, 3.8) is 0 Å². The molecular formula is C17H19N7O3. The van der Waals surface area contributed by atoms with E-state index in [2.05, 4.69) is 32.6 Å². The molecular weight excluding hydrogens is 350 g/mol. The Labute approximate surface area is 154 Å². The molecule has 140 valence electrons. The molecule has 10 heteroatoms. The third-order valence-corrected chi connectivity index (χ3v) is 3.90. The van der Waals surface area contributed by atoms with Crippen LogP contribution in [0.25, 0.3) is 11.0 Å². The topological polar surface area (TPSA) is 128 Å². The predicted molar refractivity (Wildman–Crippen MR) is 99.5 cm³/mol. The Morgan fingerprint density at radius 2 is 2.15 bits per heavy atom. The molecule has 3 rings (SSSR count). The lowest BCUT2D eigenvalue weighted by molar-refractivity contribution is -0.384. The highest BCUT2D eigenvalue weighted by Crippen LogP contribution is 2.18. The summed E-state index contributed by atoms with van der Waals surface area (Å²) in [6, 6.07) is 5.61. The highest BCUT2D eigenvalue weighted by Gasteiger charge is 2.12. The maximum absolute atomic E-state index is 12.2. The lowest BCUT2D eigenvalue weighted by atomic mass is 10.2. The van der Waals surface area contributed by atoms with Crippen molar-refractivity contribution in [3.05, 3.63) is 52.5 Å². The number of nitrogens with zero attached hydrogens (tertiary/aromatic N) is 5. The molecule has 0 radical (unpaired) electrons. The van der Waals surface area contributed by atoms with Crippen LogP contribution in [0.3, 0.4) is 0 Å². The smallest absolute Gasteiger partial charge is 0.270 e. The standard InChI is InChI=1S/C17H19N7O3/c1-2-6-18-15-14-10-22-23(16(14)21-11-20-15)8-7-19-17(25)12-4-3-5-13(9-12)24(26)27/h3-5,9-11H,2,6-8H2,1H3,(H,19,25)(H,18,20,21). The molecule has 2 N–H and O–H groups in total. The van der Waals surface area contributed by atoms with Crippen molar-refractivity contribution in [1.29, 1.82) is 0 Å². The van der Waals surface area contributed by atoms with E-state index in [1.54, 1.807) is 10.9 Å². The van der Waals surface area contributed by atoms with Crippen molar-refractivity contribution < 1.29 is 9.72 Å². The van der Waals surface area contributed by atoms with E-state index in [0.29, 0.717) is 18.7 Å². The van der Waals surface area contributed by atoms with Crippen LogP contribution in [0, 0.1) is 10.1 Å². The van der Waals surface area contributed by atoms with Crippen LogP contribution >= 0.6 is 0 Å². The van der Waals surface area contributed by atoms with Crippen LogP contribution in [0.2, 0.25) is 0 Å². The summed E-state index contributed by atoms with van der Waals surface area (Å²) in [5.74, 6) is 0.351. The minimum atomic E-state index is -0.531. The van der Waals surface area contributed by atoms with Crippen LogP contribution in [-0.4, -0.2) is 43.7 Å². The molecule has 2 aromatic heterocycles. The lowest BCUT2D eigenvalue weighted by Gasteiger charge is -2.07. The quantitative estimate of drug-likeness (QED) is 0.459. The molecule has 0 bridgehead atoms. The SMILES string of the molecule is CCCNc1ncnc2c1cnn2CCNC(=O)c1cccc([N+](=O)[O-])c1. The summed E-state index contributed by atoms with van der Waals surface area (Å²) in [6.07, 6.45) is 4.14. The molecule has 0 spiro atoms. The zero-order valence-electron chi connectivity index (χ0n) is 14.8. The van der Waals surface area contributed by atoms with Crippen molar-refractivity contribution in [2.24, 2.45) is 0 Å². The number of hydrogen-bond acceptors (Lipinski definition) is 7. The van der Waals surface area contributed by atoms with Gasteiger partial charge in [-0.25, -0.2) is 14.6 Å². The number of anilines is 1. The number of hydrogen-bond donors (Lipinski definition) is 2. The highest BCUT2D eigenvalue weighted by molar-refractivity contribution is 5.94. The van der Waals surface area contributed by atoms with E-state index in [-0.39, 0.29) is 17.2 Å². The van der Waals surface area contributed by atoms with Gasteiger partial charge in [-0.1, -0.05) is 13.0 Å². The number of fused-ring (bicyclic) bond motifs is 1. The maximum Gasteiger partial charge on any atom is 0.270 e. The number of benzene rings is 1. The summed E-state index contributed by atoms with van der Waals surface area (Å²) >= 11 is 0. The number of nitro benzene ring substituents is 1. The van der Waals surface area contributed by atoms with Crippen LogP contribution in [0.5, 0.6) is 0 Å². The number of amides is 1. The first kappa shape index (κ1) is 18.2. The molecule has 3 aromatic rings. The van der Waals surface area contributed by atoms with E-state index < -0.39 is 4.92 Å². The van der Waals surface area contributed by atoms with Gasteiger partial charge in [0, 0.05) is 30.8 Å². The fourth-order valence-electron chi connectivity index (χ4n) is 2.58. The van der Waals surface area contributed by atoms with Gasteiger partial charge in [0.25, 0.3) is 11.6 Å². The first-order chi connectivity index (χ1) is 13.1. The molecule has 0 atom stereocenters. The van der Waals surface area contributed by atoms with E-state index >= 15 is 0 Å². The zero-order chi connectivity index (χ0) is 19.2. The molecule has 0 aliphatic rings. The number of non-ortho nitro benzene ring substituents is 1. The molecule has 0 saturated carbocycles. The first-order valence-corrected chi connectivity index (χ1v) is 8.53. The van der Waals surface area contributed by atoms with Crippen LogP contribution < -0.4 is 10.6 Å². The fourth-order valence-corrected chi connectivity index (χ4v) is 2.58. The lowest BCUT2D eigenvalue weighted by Crippen LogP contribution is -2.27. The molecule has 0 aliphatic heterocycles. The van der Waals surface area contributed by atoms with Crippen molar-refractivity contribution in [2.45, 2.75) is 19.9 Å². The number of nitrogens with one attached hydrogen (secondary N) is 2. The van der Waals surface area contributed by atoms with Crippen molar-refractivity contribution in [1.82, 2.24) is 25.1 Å². The molecule has 2 heterocycles. The number of nitro groups is 1. The van der Waals surface area contributed by atoms with E-state index in [1.807, 2.05) is 0 Å². The molecule has 0 fully saturated rings. The van der Waals surface area contributed by atoms with Gasteiger partial charge >= 0.3 is 0 Å². The summed E-state index contributed by atoms with van der Waals surface area (Å²) in [5, 5.41) is 21.9. The largest absolute Gasteiger partial charge is 0.369 e. The highest BCUT2D eigenvalue weighted by atomic mass is 16.6. The predicted octanol–water partition coefficient (Wildman–Crippen LogP) is 1.99. The minimum Gasteiger partial charge on any atom is -0.369 e. The normalized spacial score (nSPS) is 10.7. The Morgan fingerprint density at radius 1 is 1.30 bits per heavy atom. The molecule has 1 amide bonds. The van der Waals surface area contributed by atoms with Gasteiger partial charge in [-0.2, -0.15) is 5.10 Å². The first-order valence-electron chi connectivity index (χ1n) is 8.53. The monoisotopic (exact) mass is 369 g/mol. The van der Waals surface area contributed by atoms with Crippen molar-refractivity contribution in [2.75, 3.05) is 18.4 Å². The Morgan fingerprint density at radius 3 is 2.93 bits per heavy atom. The van der Waals surface area contributed by atoms with Crippen LogP contribution in [0.4, 0.5) is 11.5 Å². The van der Waals surface area contributed by atoms with Gasteiger partial charge in [0.05, 0.1) is 23.1 Å². The van der Waals surface area contributed by atoms with Gasteiger partial charge in [-0.05, 0) is 12.5 Å². The molecule has 0 unspecified atom stereocenters. The number of carbonyl (C=O) groups is 1. The summed E-state index contributed by atoms with van der Waals surface area (Å²) in [6.45, 7) is 3.59. The van der Waals surface area contributed by atoms with Gasteiger partial charge in [-0.3, -0.25) is 14.9 Å². The Balaban J connectivity index is 1.64. The van der Waals surface area contributed by atoms with Crippen LogP contribution in [0.1, 0.15) is 23.7 Å². The van der Waals surface area contributed by atoms with Crippen molar-refractivity contribution in [3.8, 4) is 0 Å². The zero-order valence-corrected chi connectivity index (χ0v) is 14.8. The van der Waals surface area contributed by atoms with Crippen LogP contribution in [0.15, 0.2) is 36.8 Å². The molecule has 0 aliphatic carbocycles. The number of aromatic nitrogens is 4. The van der Waals surface area contributed by atoms with Gasteiger partial charge < -0.3 is 10.6 Å². The Bertz CT molecular complexity index is 970. The third kappa shape index (κ3) is 4.17. The second kappa shape index (κ2) is 8.21. The molecule has 1 aromatic carbocycles.